The Bertz CT molecular complexity index is 1130. The van der Waals surface area contributed by atoms with E-state index in [0.717, 1.165) is 66.4 Å². The molecule has 162 valence electrons. The molecule has 0 unspecified atom stereocenters. The fourth-order valence-electron chi connectivity index (χ4n) is 4.79. The number of benzene rings is 2. The highest BCUT2D eigenvalue weighted by atomic mass is 16.5. The van der Waals surface area contributed by atoms with Crippen molar-refractivity contribution in [2.24, 2.45) is 5.92 Å². The Morgan fingerprint density at radius 3 is 2.68 bits per heavy atom. The number of carbonyl (C=O) groups excluding carboxylic acids is 1. The number of fused-ring (bicyclic) bond motifs is 2. The van der Waals surface area contributed by atoms with Crippen LogP contribution < -0.4 is 10.2 Å². The number of aromatic nitrogens is 1. The zero-order valence-electron chi connectivity index (χ0n) is 18.6. The van der Waals surface area contributed by atoms with Gasteiger partial charge < -0.3 is 19.6 Å². The number of carbonyl (C=O) groups is 1. The van der Waals surface area contributed by atoms with E-state index < -0.39 is 0 Å². The molecule has 0 radical (unpaired) electrons. The number of ketones is 1. The molecule has 1 fully saturated rings. The van der Waals surface area contributed by atoms with Crippen LogP contribution in [0.1, 0.15) is 42.1 Å². The van der Waals surface area contributed by atoms with E-state index in [1.165, 1.54) is 12.8 Å². The summed E-state index contributed by atoms with van der Waals surface area (Å²) in [6.45, 7) is 6.13. The third-order valence-electron chi connectivity index (χ3n) is 6.60. The first-order valence-electron chi connectivity index (χ1n) is 11.3. The maximum absolute atomic E-state index is 13.6. The lowest BCUT2D eigenvalue weighted by molar-refractivity contribution is 0.104. The topological polar surface area (TPSA) is 61.6 Å². The zero-order chi connectivity index (χ0) is 21.5. The highest BCUT2D eigenvalue weighted by molar-refractivity contribution is 6.28. The molecule has 31 heavy (non-hydrogen) atoms. The van der Waals surface area contributed by atoms with Crippen LogP contribution in [0.3, 0.4) is 0 Å². The first kappa shape index (κ1) is 20.1. The summed E-state index contributed by atoms with van der Waals surface area (Å²) >= 11 is 0. The first-order chi connectivity index (χ1) is 15.0. The third-order valence-corrected chi connectivity index (χ3v) is 6.60. The molecular weight excluding hydrogens is 388 g/mol. The molecule has 1 aliphatic carbocycles. The van der Waals surface area contributed by atoms with Gasteiger partial charge >= 0.3 is 0 Å². The number of rotatable bonds is 6. The maximum Gasteiger partial charge on any atom is 0.196 e. The molecule has 0 saturated carbocycles. The molecule has 1 aliphatic heterocycles. The molecular formula is C25H30N4O2. The fraction of sp³-hybridized carbons (Fsp3) is 0.440. The number of hydrogen-bond acceptors (Lipinski definition) is 6. The molecule has 0 spiro atoms. The van der Waals surface area contributed by atoms with Gasteiger partial charge in [0.25, 0.3) is 0 Å². The summed E-state index contributed by atoms with van der Waals surface area (Å²) in [5.74, 6) is 1.50. The number of hydrogen-bond donors (Lipinski definition) is 1. The molecule has 0 bridgehead atoms. The quantitative estimate of drug-likeness (QED) is 0.460. The van der Waals surface area contributed by atoms with Crippen molar-refractivity contribution in [3.05, 3.63) is 41.5 Å². The third kappa shape index (κ3) is 3.49. The van der Waals surface area contributed by atoms with Gasteiger partial charge in [-0.1, -0.05) is 36.3 Å². The minimum Gasteiger partial charge on any atom is -0.384 e. The smallest absolute Gasteiger partial charge is 0.196 e. The van der Waals surface area contributed by atoms with Crippen molar-refractivity contribution in [3.8, 4) is 11.3 Å². The van der Waals surface area contributed by atoms with Crippen LogP contribution in [0.15, 0.2) is 34.9 Å². The lowest BCUT2D eigenvalue weighted by atomic mass is 9.86. The van der Waals surface area contributed by atoms with Crippen LogP contribution in [0, 0.1) is 5.92 Å². The summed E-state index contributed by atoms with van der Waals surface area (Å²) in [7, 11) is 4.16. The van der Waals surface area contributed by atoms with Crippen molar-refractivity contribution in [2.75, 3.05) is 50.5 Å². The van der Waals surface area contributed by atoms with Crippen LogP contribution in [0.5, 0.6) is 0 Å². The van der Waals surface area contributed by atoms with Gasteiger partial charge in [-0.05, 0) is 51.9 Å². The largest absolute Gasteiger partial charge is 0.384 e. The average Bonchev–Trinajstić information content (AvgIpc) is 3.21. The Labute approximate surface area is 183 Å². The van der Waals surface area contributed by atoms with Crippen molar-refractivity contribution >= 4 is 28.1 Å². The highest BCUT2D eigenvalue weighted by Gasteiger charge is 2.33. The van der Waals surface area contributed by atoms with Crippen LogP contribution in [-0.4, -0.2) is 56.1 Å². The molecule has 2 aromatic carbocycles. The van der Waals surface area contributed by atoms with Crippen LogP contribution in [0.25, 0.3) is 22.2 Å². The van der Waals surface area contributed by atoms with Crippen LogP contribution in [-0.2, 0) is 0 Å². The molecule has 6 nitrogen and oxygen atoms in total. The van der Waals surface area contributed by atoms with Gasteiger partial charge in [-0.15, -0.1) is 0 Å². The Kier molecular flexibility index (Phi) is 5.18. The Morgan fingerprint density at radius 1 is 1.19 bits per heavy atom. The van der Waals surface area contributed by atoms with E-state index in [9.17, 15) is 4.79 Å². The van der Waals surface area contributed by atoms with Gasteiger partial charge in [-0.3, -0.25) is 4.79 Å². The number of nitrogens with zero attached hydrogens (tertiary/aromatic N) is 3. The number of anilines is 2. The van der Waals surface area contributed by atoms with E-state index in [-0.39, 0.29) is 5.78 Å². The summed E-state index contributed by atoms with van der Waals surface area (Å²) in [6, 6.07) is 9.81. The monoisotopic (exact) mass is 418 g/mol. The Balaban J connectivity index is 1.63. The maximum atomic E-state index is 13.6. The second kappa shape index (κ2) is 8.00. The van der Waals surface area contributed by atoms with E-state index in [2.05, 4.69) is 47.4 Å². The van der Waals surface area contributed by atoms with Gasteiger partial charge in [-0.25, -0.2) is 0 Å². The van der Waals surface area contributed by atoms with E-state index in [4.69, 9.17) is 4.52 Å². The summed E-state index contributed by atoms with van der Waals surface area (Å²) in [6.07, 6.45) is 3.34. The van der Waals surface area contributed by atoms with Gasteiger partial charge in [0.05, 0.1) is 16.6 Å². The van der Waals surface area contributed by atoms with E-state index in [0.29, 0.717) is 16.9 Å². The summed E-state index contributed by atoms with van der Waals surface area (Å²) in [5, 5.41) is 8.90. The Morgan fingerprint density at radius 2 is 1.94 bits per heavy atom. The lowest BCUT2D eigenvalue weighted by Crippen LogP contribution is -2.33. The van der Waals surface area contributed by atoms with Crippen molar-refractivity contribution < 1.29 is 9.32 Å². The van der Waals surface area contributed by atoms with Crippen LogP contribution in [0.4, 0.5) is 11.4 Å². The van der Waals surface area contributed by atoms with Gasteiger partial charge in [0, 0.05) is 36.4 Å². The summed E-state index contributed by atoms with van der Waals surface area (Å²) in [5.41, 5.74) is 4.99. The molecule has 5 rings (SSSR count). The second-order valence-electron chi connectivity index (χ2n) is 9.18. The molecule has 3 aromatic rings. The number of nitrogens with one attached hydrogen (secondary N) is 1. The van der Waals surface area contributed by atoms with Gasteiger partial charge in [0.2, 0.25) is 0 Å². The van der Waals surface area contributed by atoms with Crippen molar-refractivity contribution in [3.63, 3.8) is 0 Å². The van der Waals surface area contributed by atoms with Crippen LogP contribution in [0.2, 0.25) is 0 Å². The normalized spacial score (nSPS) is 16.3. The molecule has 2 aliphatic rings. The number of piperidine rings is 1. The molecule has 1 N–H and O–H groups in total. The Hall–Kier alpha value is -2.86. The fourth-order valence-corrected chi connectivity index (χ4v) is 4.79. The molecule has 2 heterocycles. The van der Waals surface area contributed by atoms with Gasteiger partial charge in [0.1, 0.15) is 5.52 Å². The zero-order valence-corrected chi connectivity index (χ0v) is 18.6. The summed E-state index contributed by atoms with van der Waals surface area (Å²) in [4.78, 5) is 18.1. The van der Waals surface area contributed by atoms with Gasteiger partial charge in [0.15, 0.2) is 11.5 Å². The minimum atomic E-state index is 0.0465. The van der Waals surface area contributed by atoms with Crippen LogP contribution >= 0.6 is 0 Å². The predicted molar refractivity (Wildman–Crippen MR) is 125 cm³/mol. The van der Waals surface area contributed by atoms with Crippen molar-refractivity contribution in [2.45, 2.75) is 26.2 Å². The second-order valence-corrected chi connectivity index (χ2v) is 9.18. The first-order valence-corrected chi connectivity index (χ1v) is 11.3. The van der Waals surface area contributed by atoms with E-state index in [1.807, 2.05) is 24.3 Å². The van der Waals surface area contributed by atoms with Gasteiger partial charge in [-0.2, -0.15) is 0 Å². The van der Waals surface area contributed by atoms with E-state index in [1.54, 1.807) is 0 Å². The SMILES string of the molecule is CC1CCN(c2cc(NCCCN(C)C)c3c4c(onc24)-c2ccccc2C3=O)CC1. The summed E-state index contributed by atoms with van der Waals surface area (Å²) < 4.78 is 5.87. The standard InChI is InChI=1S/C25H30N4O2/c1-16-9-13-29(14-10-16)20-15-19(26-11-6-12-28(2)3)21-22-23(20)27-31-25(22)18-8-5-4-7-17(18)24(21)30/h4-5,7-8,15-16,26H,6,9-14H2,1-3H3. The lowest BCUT2D eigenvalue weighted by Gasteiger charge is -2.33. The van der Waals surface area contributed by atoms with E-state index >= 15 is 0 Å². The molecule has 0 amide bonds. The average molecular weight is 419 g/mol. The molecule has 0 atom stereocenters. The minimum absolute atomic E-state index is 0.0465. The predicted octanol–water partition coefficient (Wildman–Crippen LogP) is 4.64. The molecule has 1 aromatic heterocycles. The molecule has 6 heteroatoms. The highest BCUT2D eigenvalue weighted by Crippen LogP contribution is 2.46. The molecule has 1 saturated heterocycles. The van der Waals surface area contributed by atoms with Crippen molar-refractivity contribution in [1.29, 1.82) is 0 Å². The van der Waals surface area contributed by atoms with Crippen molar-refractivity contribution in [1.82, 2.24) is 10.1 Å².